The van der Waals surface area contributed by atoms with E-state index in [1.54, 1.807) is 0 Å². The van der Waals surface area contributed by atoms with Crippen molar-refractivity contribution < 1.29 is 5.11 Å². The average molecular weight is 294 g/mol. The zero-order valence-electron chi connectivity index (χ0n) is 14.1. The maximum Gasteiger partial charge on any atom is 0.0583 e. The van der Waals surface area contributed by atoms with Crippen LogP contribution in [0.3, 0.4) is 0 Å². The van der Waals surface area contributed by atoms with Gasteiger partial charge in [0, 0.05) is 31.6 Å². The lowest BCUT2D eigenvalue weighted by Gasteiger charge is -2.42. The maximum atomic E-state index is 10.1. The van der Waals surface area contributed by atoms with Gasteiger partial charge in [0.25, 0.3) is 0 Å². The molecule has 2 aliphatic carbocycles. The number of nitrogens with one attached hydrogen (secondary N) is 1. The molecule has 0 aromatic heterocycles. The fraction of sp³-hybridized carbons (Fsp3) is 1.00. The second-order valence-corrected chi connectivity index (χ2v) is 8.17. The Balaban J connectivity index is 1.60. The second kappa shape index (κ2) is 6.55. The number of hydrogen-bond acceptors (Lipinski definition) is 3. The Hall–Kier alpha value is -0.120. The average Bonchev–Trinajstić information content (AvgIpc) is 2.96. The summed E-state index contributed by atoms with van der Waals surface area (Å²) in [5.41, 5.74) is 0. The van der Waals surface area contributed by atoms with Gasteiger partial charge in [-0.2, -0.15) is 0 Å². The van der Waals surface area contributed by atoms with Crippen LogP contribution >= 0.6 is 0 Å². The van der Waals surface area contributed by atoms with Crippen LogP contribution in [0.1, 0.15) is 46.5 Å². The monoisotopic (exact) mass is 294 g/mol. The van der Waals surface area contributed by atoms with E-state index in [0.717, 1.165) is 43.2 Å². The van der Waals surface area contributed by atoms with E-state index in [9.17, 15) is 5.11 Å². The van der Waals surface area contributed by atoms with Crippen LogP contribution in [0.25, 0.3) is 0 Å². The number of aliphatic hydroxyl groups is 1. The molecule has 7 atom stereocenters. The Bertz CT molecular complexity index is 348. The number of hydrogen-bond donors (Lipinski definition) is 2. The quantitative estimate of drug-likeness (QED) is 0.835. The van der Waals surface area contributed by atoms with Gasteiger partial charge in [0.15, 0.2) is 0 Å². The van der Waals surface area contributed by atoms with Gasteiger partial charge in [-0.1, -0.05) is 20.8 Å². The van der Waals surface area contributed by atoms with Gasteiger partial charge in [-0.05, 0) is 55.9 Å². The normalized spacial score (nSPS) is 47.7. The fourth-order valence-corrected chi connectivity index (χ4v) is 5.49. The zero-order valence-corrected chi connectivity index (χ0v) is 14.1. The van der Waals surface area contributed by atoms with Gasteiger partial charge in [0.05, 0.1) is 6.10 Å². The van der Waals surface area contributed by atoms with E-state index in [4.69, 9.17) is 0 Å². The summed E-state index contributed by atoms with van der Waals surface area (Å²) in [5.74, 6) is 3.82. The number of nitrogens with zero attached hydrogens (tertiary/aromatic N) is 1. The number of aliphatic hydroxyl groups excluding tert-OH is 1. The predicted octanol–water partition coefficient (Wildman–Crippen LogP) is 2.35. The predicted molar refractivity (Wildman–Crippen MR) is 87.2 cm³/mol. The van der Waals surface area contributed by atoms with Gasteiger partial charge in [0.2, 0.25) is 0 Å². The maximum absolute atomic E-state index is 10.1. The molecule has 3 fully saturated rings. The van der Waals surface area contributed by atoms with Crippen molar-refractivity contribution in [2.75, 3.05) is 26.2 Å². The Morgan fingerprint density at radius 3 is 2.67 bits per heavy atom. The van der Waals surface area contributed by atoms with Crippen molar-refractivity contribution in [1.82, 2.24) is 10.2 Å². The van der Waals surface area contributed by atoms with Crippen LogP contribution in [0.15, 0.2) is 0 Å². The van der Waals surface area contributed by atoms with Crippen LogP contribution in [-0.4, -0.2) is 48.3 Å². The highest BCUT2D eigenvalue weighted by Crippen LogP contribution is 2.40. The number of rotatable bonds is 4. The third-order valence-corrected chi connectivity index (χ3v) is 6.51. The van der Waals surface area contributed by atoms with E-state index in [-0.39, 0.29) is 6.10 Å². The van der Waals surface area contributed by atoms with Crippen LogP contribution in [0.5, 0.6) is 0 Å². The summed E-state index contributed by atoms with van der Waals surface area (Å²) < 4.78 is 0. The minimum Gasteiger partial charge on any atom is -0.393 e. The third kappa shape index (κ3) is 3.30. The highest BCUT2D eigenvalue weighted by Gasteiger charge is 2.43. The molecule has 0 radical (unpaired) electrons. The molecule has 0 bridgehead atoms. The van der Waals surface area contributed by atoms with E-state index in [1.807, 2.05) is 0 Å². The summed E-state index contributed by atoms with van der Waals surface area (Å²) in [6, 6.07) is 0.694. The Kier molecular flexibility index (Phi) is 4.92. The lowest BCUT2D eigenvalue weighted by atomic mass is 9.72. The van der Waals surface area contributed by atoms with Gasteiger partial charge in [-0.25, -0.2) is 0 Å². The molecular formula is C18H34N2O. The molecule has 0 spiro atoms. The topological polar surface area (TPSA) is 35.5 Å². The SMILES string of the molecule is CCNC1CC(C)CC(C)C1CN1CC2CCC(O)C2C1. The first-order valence-corrected chi connectivity index (χ1v) is 9.22. The van der Waals surface area contributed by atoms with Crippen LogP contribution in [-0.2, 0) is 0 Å². The van der Waals surface area contributed by atoms with E-state index in [2.05, 4.69) is 31.0 Å². The lowest BCUT2D eigenvalue weighted by molar-refractivity contribution is 0.0951. The highest BCUT2D eigenvalue weighted by molar-refractivity contribution is 4.96. The second-order valence-electron chi connectivity index (χ2n) is 8.17. The molecule has 21 heavy (non-hydrogen) atoms. The third-order valence-electron chi connectivity index (χ3n) is 6.51. The van der Waals surface area contributed by atoms with Crippen LogP contribution in [0.2, 0.25) is 0 Å². The van der Waals surface area contributed by atoms with E-state index in [1.165, 1.54) is 32.4 Å². The standard InChI is InChI=1S/C18H34N2O/c1-4-19-17-8-12(2)7-13(3)15(17)10-20-9-14-5-6-18(21)16(14)11-20/h12-19,21H,4-11H2,1-3H3. The molecule has 3 nitrogen and oxygen atoms in total. The van der Waals surface area contributed by atoms with E-state index >= 15 is 0 Å². The number of likely N-dealkylation sites (tertiary alicyclic amines) is 1. The largest absolute Gasteiger partial charge is 0.393 e. The molecule has 3 heteroatoms. The fourth-order valence-electron chi connectivity index (χ4n) is 5.49. The summed E-state index contributed by atoms with van der Waals surface area (Å²) in [6.45, 7) is 11.8. The summed E-state index contributed by atoms with van der Waals surface area (Å²) in [4.78, 5) is 2.67. The minimum atomic E-state index is -0.0200. The molecule has 3 rings (SSSR count). The first kappa shape index (κ1) is 15.8. The molecule has 1 aliphatic heterocycles. The van der Waals surface area contributed by atoms with Crippen LogP contribution in [0.4, 0.5) is 0 Å². The molecule has 3 aliphatic rings. The van der Waals surface area contributed by atoms with Crippen LogP contribution < -0.4 is 5.32 Å². The van der Waals surface area contributed by atoms with Crippen molar-refractivity contribution in [2.45, 2.75) is 58.6 Å². The Morgan fingerprint density at radius 2 is 1.95 bits per heavy atom. The molecule has 0 aromatic rings. The van der Waals surface area contributed by atoms with Gasteiger partial charge in [-0.15, -0.1) is 0 Å². The number of fused-ring (bicyclic) bond motifs is 1. The minimum absolute atomic E-state index is 0.0200. The molecular weight excluding hydrogens is 260 g/mol. The molecule has 0 aromatic carbocycles. The van der Waals surface area contributed by atoms with Crippen molar-refractivity contribution in [2.24, 2.45) is 29.6 Å². The molecule has 7 unspecified atom stereocenters. The summed E-state index contributed by atoms with van der Waals surface area (Å²) >= 11 is 0. The summed E-state index contributed by atoms with van der Waals surface area (Å²) in [6.07, 6.45) is 4.99. The Labute approximate surface area is 130 Å². The van der Waals surface area contributed by atoms with Gasteiger partial charge >= 0.3 is 0 Å². The van der Waals surface area contributed by atoms with Crippen molar-refractivity contribution >= 4 is 0 Å². The van der Waals surface area contributed by atoms with Crippen molar-refractivity contribution in [3.05, 3.63) is 0 Å². The first-order valence-electron chi connectivity index (χ1n) is 9.22. The van der Waals surface area contributed by atoms with Gasteiger partial charge in [-0.3, -0.25) is 0 Å². The van der Waals surface area contributed by atoms with E-state index in [0.29, 0.717) is 12.0 Å². The Morgan fingerprint density at radius 1 is 1.14 bits per heavy atom. The molecule has 2 saturated carbocycles. The van der Waals surface area contributed by atoms with Crippen molar-refractivity contribution in [3.8, 4) is 0 Å². The molecule has 2 N–H and O–H groups in total. The van der Waals surface area contributed by atoms with Gasteiger partial charge < -0.3 is 15.3 Å². The zero-order chi connectivity index (χ0) is 15.0. The molecule has 0 amide bonds. The smallest absolute Gasteiger partial charge is 0.0583 e. The summed E-state index contributed by atoms with van der Waals surface area (Å²) in [5, 5.41) is 13.9. The van der Waals surface area contributed by atoms with Crippen LogP contribution in [0, 0.1) is 29.6 Å². The van der Waals surface area contributed by atoms with Gasteiger partial charge in [0.1, 0.15) is 0 Å². The molecule has 1 saturated heterocycles. The van der Waals surface area contributed by atoms with Crippen molar-refractivity contribution in [3.63, 3.8) is 0 Å². The molecule has 1 heterocycles. The van der Waals surface area contributed by atoms with E-state index < -0.39 is 0 Å². The summed E-state index contributed by atoms with van der Waals surface area (Å²) in [7, 11) is 0. The highest BCUT2D eigenvalue weighted by atomic mass is 16.3. The molecule has 122 valence electrons. The lowest BCUT2D eigenvalue weighted by Crippen LogP contribution is -2.49. The first-order chi connectivity index (χ1) is 10.1. The van der Waals surface area contributed by atoms with Crippen molar-refractivity contribution in [1.29, 1.82) is 0 Å².